The van der Waals surface area contributed by atoms with Crippen LogP contribution in [0.4, 0.5) is 5.69 Å². The van der Waals surface area contributed by atoms with Crippen molar-refractivity contribution in [3.63, 3.8) is 0 Å². The van der Waals surface area contributed by atoms with Crippen molar-refractivity contribution in [3.05, 3.63) is 87.2 Å². The first kappa shape index (κ1) is 26.3. The monoisotopic (exact) mass is 517 g/mol. The van der Waals surface area contributed by atoms with Crippen LogP contribution in [0.5, 0.6) is 5.75 Å². The molecule has 2 N–H and O–H groups in total. The maximum absolute atomic E-state index is 13.0. The van der Waals surface area contributed by atoms with Crippen LogP contribution in [0.15, 0.2) is 52.2 Å². The van der Waals surface area contributed by atoms with E-state index < -0.39 is 34.7 Å². The number of amides is 1. The van der Waals surface area contributed by atoms with Gasteiger partial charge in [-0.15, -0.1) is 0 Å². The molecule has 2 atom stereocenters. The van der Waals surface area contributed by atoms with E-state index in [4.69, 9.17) is 9.26 Å². The fourth-order valence-corrected chi connectivity index (χ4v) is 4.49. The van der Waals surface area contributed by atoms with Crippen LogP contribution < -0.4 is 10.9 Å². The summed E-state index contributed by atoms with van der Waals surface area (Å²) in [5, 5.41) is 31.0. The summed E-state index contributed by atoms with van der Waals surface area (Å²) in [5.41, 5.74) is 1.77. The standard InChI is InChI=1S/C26H27N7O5/c1-15(24-30-22(23(34)26(36)32(24)3)25(35)29-18-12-28-38-14-18)21(19-8-6-5-7-17(19)11-27)20-13-33(9-10-37-4)31-16(20)2/h5-8,12-15,21,34H,9-10H2,1-4H3,(H,29,35)/t15-,21+/m0/s1. The number of anilines is 1. The first-order chi connectivity index (χ1) is 18.3. The van der Waals surface area contributed by atoms with Gasteiger partial charge in [0.05, 0.1) is 36.7 Å². The lowest BCUT2D eigenvalue weighted by Gasteiger charge is -2.26. The SMILES string of the molecule is COCCn1cc([C@@H](c2ccccc2C#N)[C@H](C)c2nc(C(=O)Nc3cnoc3)c(O)c(=O)n2C)c(C)n1. The molecule has 12 heteroatoms. The summed E-state index contributed by atoms with van der Waals surface area (Å²) < 4.78 is 12.9. The van der Waals surface area contributed by atoms with Crippen LogP contribution in [0.3, 0.4) is 0 Å². The molecule has 4 aromatic rings. The number of nitrogens with zero attached hydrogens (tertiary/aromatic N) is 6. The summed E-state index contributed by atoms with van der Waals surface area (Å²) in [5.74, 6) is -2.32. The van der Waals surface area contributed by atoms with E-state index in [2.05, 4.69) is 26.6 Å². The molecule has 0 spiro atoms. The van der Waals surface area contributed by atoms with Gasteiger partial charge < -0.3 is 19.7 Å². The van der Waals surface area contributed by atoms with Crippen molar-refractivity contribution < 1.29 is 19.2 Å². The largest absolute Gasteiger partial charge is 0.501 e. The highest BCUT2D eigenvalue weighted by molar-refractivity contribution is 6.04. The number of carbonyl (C=O) groups excluding carboxylic acids is 1. The third-order valence-corrected chi connectivity index (χ3v) is 6.37. The number of rotatable bonds is 9. The predicted octanol–water partition coefficient (Wildman–Crippen LogP) is 2.68. The first-order valence-electron chi connectivity index (χ1n) is 11.8. The number of nitrogens with one attached hydrogen (secondary N) is 1. The van der Waals surface area contributed by atoms with Crippen molar-refractivity contribution >= 4 is 11.6 Å². The molecule has 196 valence electrons. The summed E-state index contributed by atoms with van der Waals surface area (Å²) in [4.78, 5) is 30.4. The Labute approximate surface area is 218 Å². The maximum Gasteiger partial charge on any atom is 0.296 e. The summed E-state index contributed by atoms with van der Waals surface area (Å²) >= 11 is 0. The minimum Gasteiger partial charge on any atom is -0.501 e. The summed E-state index contributed by atoms with van der Waals surface area (Å²) in [7, 11) is 3.09. The van der Waals surface area contributed by atoms with Gasteiger partial charge in [-0.3, -0.25) is 18.8 Å². The zero-order valence-corrected chi connectivity index (χ0v) is 21.4. The fourth-order valence-electron chi connectivity index (χ4n) is 4.49. The Morgan fingerprint density at radius 3 is 2.76 bits per heavy atom. The van der Waals surface area contributed by atoms with Crippen LogP contribution in [0.25, 0.3) is 0 Å². The number of aryl methyl sites for hydroxylation is 1. The zero-order valence-electron chi connectivity index (χ0n) is 21.4. The molecular formula is C26H27N7O5. The molecule has 0 aliphatic heterocycles. The van der Waals surface area contributed by atoms with Crippen LogP contribution in [0.2, 0.25) is 0 Å². The van der Waals surface area contributed by atoms with E-state index in [1.807, 2.05) is 32.2 Å². The third kappa shape index (κ3) is 5.05. The molecule has 0 saturated carbocycles. The maximum atomic E-state index is 13.0. The summed E-state index contributed by atoms with van der Waals surface area (Å²) in [6.45, 7) is 4.72. The molecule has 0 unspecified atom stereocenters. The highest BCUT2D eigenvalue weighted by Gasteiger charge is 2.32. The van der Waals surface area contributed by atoms with E-state index >= 15 is 0 Å². The van der Waals surface area contributed by atoms with E-state index in [0.29, 0.717) is 18.7 Å². The molecule has 4 rings (SSSR count). The Hall–Kier alpha value is -4.76. The molecule has 0 aliphatic rings. The molecule has 3 aromatic heterocycles. The fraction of sp³-hybridized carbons (Fsp3) is 0.308. The predicted molar refractivity (Wildman–Crippen MR) is 136 cm³/mol. The molecular weight excluding hydrogens is 490 g/mol. The Balaban J connectivity index is 1.86. The highest BCUT2D eigenvalue weighted by atomic mass is 16.5. The number of hydrogen-bond acceptors (Lipinski definition) is 9. The Morgan fingerprint density at radius 2 is 2.08 bits per heavy atom. The normalized spacial score (nSPS) is 12.6. The van der Waals surface area contributed by atoms with E-state index in [0.717, 1.165) is 16.8 Å². The molecule has 0 radical (unpaired) electrons. The molecule has 1 aromatic carbocycles. The van der Waals surface area contributed by atoms with Crippen LogP contribution in [-0.2, 0) is 18.3 Å². The third-order valence-electron chi connectivity index (χ3n) is 6.37. The number of ether oxygens (including phenoxy) is 1. The molecule has 0 bridgehead atoms. The van der Waals surface area contributed by atoms with Crippen LogP contribution >= 0.6 is 0 Å². The van der Waals surface area contributed by atoms with Gasteiger partial charge in [0.25, 0.3) is 11.5 Å². The Morgan fingerprint density at radius 1 is 1.32 bits per heavy atom. The molecule has 1 amide bonds. The highest BCUT2D eigenvalue weighted by Crippen LogP contribution is 2.40. The summed E-state index contributed by atoms with van der Waals surface area (Å²) in [6, 6.07) is 9.43. The lowest BCUT2D eigenvalue weighted by atomic mass is 9.79. The number of methoxy groups -OCH3 is 1. The van der Waals surface area contributed by atoms with Gasteiger partial charge in [0.15, 0.2) is 5.69 Å². The van der Waals surface area contributed by atoms with Crippen molar-refractivity contribution in [3.8, 4) is 11.8 Å². The topological polar surface area (TPSA) is 161 Å². The van der Waals surface area contributed by atoms with Gasteiger partial charge >= 0.3 is 0 Å². The van der Waals surface area contributed by atoms with Gasteiger partial charge in [0.2, 0.25) is 5.75 Å². The van der Waals surface area contributed by atoms with Crippen molar-refractivity contribution in [2.24, 2.45) is 7.05 Å². The lowest BCUT2D eigenvalue weighted by molar-refractivity contribution is 0.101. The number of benzene rings is 1. The van der Waals surface area contributed by atoms with Crippen molar-refractivity contribution in [1.82, 2.24) is 24.5 Å². The van der Waals surface area contributed by atoms with E-state index in [-0.39, 0.29) is 11.5 Å². The second kappa shape index (κ2) is 11.1. The lowest BCUT2D eigenvalue weighted by Crippen LogP contribution is -2.29. The second-order valence-corrected chi connectivity index (χ2v) is 8.79. The molecule has 3 heterocycles. The number of aromatic hydroxyl groups is 1. The van der Waals surface area contributed by atoms with E-state index in [1.54, 1.807) is 23.9 Å². The Bertz CT molecular complexity index is 1550. The smallest absolute Gasteiger partial charge is 0.296 e. The molecule has 0 saturated heterocycles. The van der Waals surface area contributed by atoms with Crippen molar-refractivity contribution in [1.29, 1.82) is 5.26 Å². The minimum atomic E-state index is -0.797. The molecule has 0 aliphatic carbocycles. The quantitative estimate of drug-likeness (QED) is 0.340. The van der Waals surface area contributed by atoms with Crippen LogP contribution in [-0.4, -0.2) is 49.2 Å². The molecule has 0 fully saturated rings. The molecule has 38 heavy (non-hydrogen) atoms. The van der Waals surface area contributed by atoms with E-state index in [9.17, 15) is 20.0 Å². The Kier molecular flexibility index (Phi) is 7.68. The second-order valence-electron chi connectivity index (χ2n) is 8.79. The van der Waals surface area contributed by atoms with Crippen LogP contribution in [0, 0.1) is 18.3 Å². The van der Waals surface area contributed by atoms with Gasteiger partial charge in [0, 0.05) is 37.8 Å². The summed E-state index contributed by atoms with van der Waals surface area (Å²) in [6.07, 6.45) is 4.37. The van der Waals surface area contributed by atoms with Gasteiger partial charge in [0.1, 0.15) is 17.8 Å². The van der Waals surface area contributed by atoms with Gasteiger partial charge in [-0.25, -0.2) is 4.98 Å². The first-order valence-corrected chi connectivity index (χ1v) is 11.8. The van der Waals surface area contributed by atoms with E-state index in [1.165, 1.54) is 24.1 Å². The van der Waals surface area contributed by atoms with Gasteiger partial charge in [-0.2, -0.15) is 10.4 Å². The molecule has 12 nitrogen and oxygen atoms in total. The van der Waals surface area contributed by atoms with Crippen molar-refractivity contribution in [2.75, 3.05) is 19.0 Å². The zero-order chi connectivity index (χ0) is 27.4. The number of aromatic nitrogens is 5. The number of hydrogen-bond donors (Lipinski definition) is 2. The minimum absolute atomic E-state index is 0.241. The van der Waals surface area contributed by atoms with Gasteiger partial charge in [-0.1, -0.05) is 30.3 Å². The number of nitriles is 1. The average Bonchev–Trinajstić information content (AvgIpc) is 3.56. The number of carbonyl (C=O) groups is 1. The average molecular weight is 518 g/mol. The van der Waals surface area contributed by atoms with Gasteiger partial charge in [-0.05, 0) is 18.6 Å². The van der Waals surface area contributed by atoms with Crippen LogP contribution in [0.1, 0.15) is 57.5 Å². The van der Waals surface area contributed by atoms with Crippen molar-refractivity contribution in [2.45, 2.75) is 32.2 Å².